The fourth-order valence-corrected chi connectivity index (χ4v) is 3.72. The molecule has 0 spiro atoms. The molecule has 0 bridgehead atoms. The van der Waals surface area contributed by atoms with Gasteiger partial charge >= 0.3 is 0 Å². The van der Waals surface area contributed by atoms with E-state index in [2.05, 4.69) is 23.2 Å². The van der Waals surface area contributed by atoms with Crippen molar-refractivity contribution in [1.82, 2.24) is 4.98 Å². The third kappa shape index (κ3) is 2.37. The molecule has 1 atom stereocenters. The molecule has 2 heterocycles. The lowest BCUT2D eigenvalue weighted by molar-refractivity contribution is 0.220. The maximum absolute atomic E-state index is 10.7. The van der Waals surface area contributed by atoms with Gasteiger partial charge in [0.25, 0.3) is 0 Å². The van der Waals surface area contributed by atoms with E-state index in [1.54, 1.807) is 17.5 Å². The van der Waals surface area contributed by atoms with Crippen LogP contribution in [0.4, 0.5) is 0 Å². The summed E-state index contributed by atoms with van der Waals surface area (Å²) in [6.07, 6.45) is 5.08. The Morgan fingerprint density at radius 1 is 1.14 bits per heavy atom. The number of hydrogen-bond donors (Lipinski definition) is 1. The molecule has 4 rings (SSSR count). The van der Waals surface area contributed by atoms with Crippen molar-refractivity contribution >= 4 is 21.6 Å². The summed E-state index contributed by atoms with van der Waals surface area (Å²) in [5.41, 5.74) is 4.20. The van der Waals surface area contributed by atoms with Gasteiger partial charge in [0.1, 0.15) is 6.10 Å². The minimum absolute atomic E-state index is 0.593. The number of benzene rings is 1. The Kier molecular flexibility index (Phi) is 3.24. The summed E-state index contributed by atoms with van der Waals surface area (Å²) >= 11 is 1.66. The summed E-state index contributed by atoms with van der Waals surface area (Å²) in [5, 5.41) is 12.7. The molecule has 0 aliphatic heterocycles. The molecule has 0 saturated heterocycles. The molecule has 21 heavy (non-hydrogen) atoms. The molecule has 0 radical (unpaired) electrons. The van der Waals surface area contributed by atoms with Crippen LogP contribution in [-0.4, -0.2) is 10.1 Å². The lowest BCUT2D eigenvalue weighted by atomic mass is 9.79. The van der Waals surface area contributed by atoms with Crippen molar-refractivity contribution < 1.29 is 5.11 Å². The molecule has 1 unspecified atom stereocenters. The average Bonchev–Trinajstić information content (AvgIpc) is 2.92. The zero-order valence-corrected chi connectivity index (χ0v) is 12.5. The smallest absolute Gasteiger partial charge is 0.106 e. The SMILES string of the molecule is OC(c1cccc(C2CCC2)c1)c1cnc2ccsc2c1. The molecule has 3 heteroatoms. The fourth-order valence-electron chi connectivity index (χ4n) is 2.93. The molecule has 106 valence electrons. The first-order chi connectivity index (χ1) is 10.3. The van der Waals surface area contributed by atoms with E-state index in [-0.39, 0.29) is 0 Å². The van der Waals surface area contributed by atoms with E-state index in [1.165, 1.54) is 24.8 Å². The number of hydrogen-bond acceptors (Lipinski definition) is 3. The number of thiophene rings is 1. The lowest BCUT2D eigenvalue weighted by Gasteiger charge is -2.26. The number of aromatic nitrogens is 1. The summed E-state index contributed by atoms with van der Waals surface area (Å²) in [7, 11) is 0. The first-order valence-electron chi connectivity index (χ1n) is 7.42. The second kappa shape index (κ2) is 5.24. The number of aliphatic hydroxyl groups is 1. The third-order valence-corrected chi connectivity index (χ3v) is 5.30. The Morgan fingerprint density at radius 2 is 2.05 bits per heavy atom. The monoisotopic (exact) mass is 295 g/mol. The molecule has 1 N–H and O–H groups in total. The van der Waals surface area contributed by atoms with Crippen LogP contribution in [0.15, 0.2) is 48.0 Å². The van der Waals surface area contributed by atoms with Crippen molar-refractivity contribution in [2.24, 2.45) is 0 Å². The van der Waals surface area contributed by atoms with Gasteiger partial charge < -0.3 is 5.11 Å². The van der Waals surface area contributed by atoms with E-state index >= 15 is 0 Å². The Morgan fingerprint density at radius 3 is 2.86 bits per heavy atom. The van der Waals surface area contributed by atoms with E-state index in [0.29, 0.717) is 5.92 Å². The van der Waals surface area contributed by atoms with Gasteiger partial charge in [0.2, 0.25) is 0 Å². The van der Waals surface area contributed by atoms with Gasteiger partial charge in [-0.1, -0.05) is 30.7 Å². The van der Waals surface area contributed by atoms with Crippen LogP contribution in [0.2, 0.25) is 0 Å². The van der Waals surface area contributed by atoms with Crippen LogP contribution in [0.3, 0.4) is 0 Å². The first kappa shape index (κ1) is 13.0. The largest absolute Gasteiger partial charge is 0.384 e. The highest BCUT2D eigenvalue weighted by Crippen LogP contribution is 2.37. The van der Waals surface area contributed by atoms with E-state index < -0.39 is 6.10 Å². The van der Waals surface area contributed by atoms with Gasteiger partial charge in [-0.05, 0) is 47.4 Å². The molecule has 2 nitrogen and oxygen atoms in total. The zero-order valence-electron chi connectivity index (χ0n) is 11.7. The van der Waals surface area contributed by atoms with Gasteiger partial charge in [-0.2, -0.15) is 0 Å². The Balaban J connectivity index is 1.67. The van der Waals surface area contributed by atoms with Gasteiger partial charge in [-0.25, -0.2) is 0 Å². The number of nitrogens with zero attached hydrogens (tertiary/aromatic N) is 1. The highest BCUT2D eigenvalue weighted by atomic mass is 32.1. The maximum Gasteiger partial charge on any atom is 0.106 e. The van der Waals surface area contributed by atoms with E-state index in [4.69, 9.17) is 0 Å². The first-order valence-corrected chi connectivity index (χ1v) is 8.30. The van der Waals surface area contributed by atoms with Crippen molar-refractivity contribution in [2.75, 3.05) is 0 Å². The maximum atomic E-state index is 10.7. The van der Waals surface area contributed by atoms with E-state index in [1.807, 2.05) is 23.6 Å². The fraction of sp³-hybridized carbons (Fsp3) is 0.278. The predicted molar refractivity (Wildman–Crippen MR) is 86.7 cm³/mol. The predicted octanol–water partition coefficient (Wildman–Crippen LogP) is 4.65. The standard InChI is InChI=1S/C18H17NOS/c20-18(15-10-17-16(19-11-15)7-8-21-17)14-6-2-5-13(9-14)12-3-1-4-12/h2,5-12,18,20H,1,3-4H2. The Labute approximate surface area is 128 Å². The second-order valence-electron chi connectivity index (χ2n) is 5.77. The quantitative estimate of drug-likeness (QED) is 0.763. The molecule has 3 aromatic rings. The van der Waals surface area contributed by atoms with E-state index in [0.717, 1.165) is 21.3 Å². The van der Waals surface area contributed by atoms with Crippen molar-refractivity contribution in [2.45, 2.75) is 31.3 Å². The highest BCUT2D eigenvalue weighted by Gasteiger charge is 2.20. The number of fused-ring (bicyclic) bond motifs is 1. The number of aliphatic hydroxyl groups excluding tert-OH is 1. The van der Waals surface area contributed by atoms with Gasteiger partial charge in [0.15, 0.2) is 0 Å². The number of rotatable bonds is 3. The summed E-state index contributed by atoms with van der Waals surface area (Å²) in [6.45, 7) is 0. The Bertz CT molecular complexity index is 775. The van der Waals surface area contributed by atoms with Crippen molar-refractivity contribution in [1.29, 1.82) is 0 Å². The molecule has 0 amide bonds. The summed E-state index contributed by atoms with van der Waals surface area (Å²) in [6, 6.07) is 12.5. The topological polar surface area (TPSA) is 33.1 Å². The van der Waals surface area contributed by atoms with Crippen LogP contribution in [0, 0.1) is 0 Å². The normalized spacial score (nSPS) is 16.8. The molecular formula is C18H17NOS. The average molecular weight is 295 g/mol. The van der Waals surface area contributed by atoms with Crippen LogP contribution >= 0.6 is 11.3 Å². The van der Waals surface area contributed by atoms with Gasteiger partial charge in [-0.15, -0.1) is 11.3 Å². The van der Waals surface area contributed by atoms with Crippen molar-refractivity contribution in [3.8, 4) is 0 Å². The minimum atomic E-state index is -0.593. The molecule has 1 aliphatic carbocycles. The Hall–Kier alpha value is -1.71. The third-order valence-electron chi connectivity index (χ3n) is 4.44. The van der Waals surface area contributed by atoms with Gasteiger partial charge in [0, 0.05) is 11.8 Å². The van der Waals surface area contributed by atoms with Crippen LogP contribution in [0.25, 0.3) is 10.2 Å². The van der Waals surface area contributed by atoms with Crippen LogP contribution in [-0.2, 0) is 0 Å². The summed E-state index contributed by atoms with van der Waals surface area (Å²) < 4.78 is 1.13. The molecule has 1 saturated carbocycles. The van der Waals surface area contributed by atoms with Gasteiger partial charge in [-0.3, -0.25) is 4.98 Å². The summed E-state index contributed by atoms with van der Waals surface area (Å²) in [4.78, 5) is 4.42. The molecule has 1 aromatic carbocycles. The highest BCUT2D eigenvalue weighted by molar-refractivity contribution is 7.17. The van der Waals surface area contributed by atoms with Crippen LogP contribution in [0.5, 0.6) is 0 Å². The number of pyridine rings is 1. The second-order valence-corrected chi connectivity index (χ2v) is 6.72. The molecule has 2 aromatic heterocycles. The lowest BCUT2D eigenvalue weighted by Crippen LogP contribution is -2.09. The summed E-state index contributed by atoms with van der Waals surface area (Å²) in [5.74, 6) is 0.690. The van der Waals surface area contributed by atoms with Crippen molar-refractivity contribution in [3.05, 3.63) is 64.7 Å². The van der Waals surface area contributed by atoms with E-state index in [9.17, 15) is 5.11 Å². The zero-order chi connectivity index (χ0) is 14.2. The minimum Gasteiger partial charge on any atom is -0.384 e. The van der Waals surface area contributed by atoms with Crippen molar-refractivity contribution in [3.63, 3.8) is 0 Å². The van der Waals surface area contributed by atoms with Crippen LogP contribution in [0.1, 0.15) is 48.0 Å². The van der Waals surface area contributed by atoms with Gasteiger partial charge in [0.05, 0.1) is 10.2 Å². The molecule has 1 aliphatic rings. The molecular weight excluding hydrogens is 278 g/mol. The molecule has 1 fully saturated rings. The van der Waals surface area contributed by atoms with Crippen LogP contribution < -0.4 is 0 Å².